The molecule has 0 spiro atoms. The van der Waals surface area contributed by atoms with Crippen LogP contribution >= 0.6 is 11.6 Å². The standard InChI is InChI=1S/C16H25ClN2O/c17-15-7-2-1-6-14(15)16(18)8-11-19-10-4-3-5-13(19)9-12-20/h1-2,6-7,13,16,20H,3-5,8-12,18H2. The van der Waals surface area contributed by atoms with Gasteiger partial charge < -0.3 is 15.7 Å². The zero-order valence-corrected chi connectivity index (χ0v) is 12.7. The molecule has 2 unspecified atom stereocenters. The highest BCUT2D eigenvalue weighted by Gasteiger charge is 2.22. The largest absolute Gasteiger partial charge is 0.396 e. The molecule has 1 aliphatic rings. The molecular formula is C16H25ClN2O. The van der Waals surface area contributed by atoms with Gasteiger partial charge in [0.15, 0.2) is 0 Å². The van der Waals surface area contributed by atoms with Crippen LogP contribution in [-0.4, -0.2) is 35.7 Å². The van der Waals surface area contributed by atoms with Crippen LogP contribution in [0, 0.1) is 0 Å². The van der Waals surface area contributed by atoms with E-state index >= 15 is 0 Å². The number of nitrogens with two attached hydrogens (primary N) is 1. The molecule has 4 heteroatoms. The minimum atomic E-state index is -0.0135. The highest BCUT2D eigenvalue weighted by Crippen LogP contribution is 2.25. The van der Waals surface area contributed by atoms with Gasteiger partial charge in [-0.3, -0.25) is 0 Å². The molecule has 0 radical (unpaired) electrons. The van der Waals surface area contributed by atoms with E-state index in [0.29, 0.717) is 6.04 Å². The van der Waals surface area contributed by atoms with Crippen LogP contribution in [0.5, 0.6) is 0 Å². The molecule has 0 aliphatic carbocycles. The number of hydrogen-bond donors (Lipinski definition) is 2. The van der Waals surface area contributed by atoms with E-state index in [1.165, 1.54) is 19.3 Å². The Kier molecular flexibility index (Phi) is 6.30. The molecule has 3 nitrogen and oxygen atoms in total. The lowest BCUT2D eigenvalue weighted by Gasteiger charge is -2.36. The molecule has 20 heavy (non-hydrogen) atoms. The van der Waals surface area contributed by atoms with E-state index in [2.05, 4.69) is 4.90 Å². The molecule has 112 valence electrons. The first kappa shape index (κ1) is 15.8. The minimum Gasteiger partial charge on any atom is -0.396 e. The quantitative estimate of drug-likeness (QED) is 0.848. The van der Waals surface area contributed by atoms with Crippen LogP contribution < -0.4 is 5.73 Å². The van der Waals surface area contributed by atoms with Crippen LogP contribution in [0.4, 0.5) is 0 Å². The second kappa shape index (κ2) is 7.99. The Morgan fingerprint density at radius 1 is 1.35 bits per heavy atom. The predicted molar refractivity (Wildman–Crippen MR) is 83.9 cm³/mol. The average molecular weight is 297 g/mol. The fraction of sp³-hybridized carbons (Fsp3) is 0.625. The van der Waals surface area contributed by atoms with Crippen molar-refractivity contribution in [1.29, 1.82) is 0 Å². The summed E-state index contributed by atoms with van der Waals surface area (Å²) in [6, 6.07) is 8.32. The van der Waals surface area contributed by atoms with Crippen molar-refractivity contribution >= 4 is 11.6 Å². The normalized spacial score (nSPS) is 21.9. The van der Waals surface area contributed by atoms with Gasteiger partial charge in [-0.05, 0) is 43.9 Å². The van der Waals surface area contributed by atoms with Gasteiger partial charge in [-0.1, -0.05) is 36.2 Å². The van der Waals surface area contributed by atoms with E-state index in [9.17, 15) is 0 Å². The first-order chi connectivity index (χ1) is 9.72. The van der Waals surface area contributed by atoms with E-state index in [-0.39, 0.29) is 12.6 Å². The van der Waals surface area contributed by atoms with Crippen molar-refractivity contribution in [3.8, 4) is 0 Å². The Bertz CT molecular complexity index is 411. The van der Waals surface area contributed by atoms with Crippen molar-refractivity contribution in [1.82, 2.24) is 4.90 Å². The number of piperidine rings is 1. The van der Waals surface area contributed by atoms with Crippen molar-refractivity contribution in [2.75, 3.05) is 19.7 Å². The third-order valence-electron chi connectivity index (χ3n) is 4.24. The lowest BCUT2D eigenvalue weighted by atomic mass is 9.98. The van der Waals surface area contributed by atoms with Gasteiger partial charge in [0.2, 0.25) is 0 Å². The maximum absolute atomic E-state index is 9.16. The lowest BCUT2D eigenvalue weighted by Crippen LogP contribution is -2.41. The predicted octanol–water partition coefficient (Wildman–Crippen LogP) is 2.97. The number of rotatable bonds is 6. The number of nitrogens with zero attached hydrogens (tertiary/aromatic N) is 1. The molecule has 1 saturated heterocycles. The summed E-state index contributed by atoms with van der Waals surface area (Å²) in [7, 11) is 0. The number of hydrogen-bond acceptors (Lipinski definition) is 3. The topological polar surface area (TPSA) is 49.5 Å². The molecule has 0 saturated carbocycles. The Morgan fingerprint density at radius 3 is 2.90 bits per heavy atom. The summed E-state index contributed by atoms with van der Waals surface area (Å²) >= 11 is 6.19. The van der Waals surface area contributed by atoms with Gasteiger partial charge in [0.25, 0.3) is 0 Å². The van der Waals surface area contributed by atoms with Gasteiger partial charge >= 0.3 is 0 Å². The Morgan fingerprint density at radius 2 is 2.15 bits per heavy atom. The van der Waals surface area contributed by atoms with Gasteiger partial charge in [-0.25, -0.2) is 0 Å². The third kappa shape index (κ3) is 4.19. The smallest absolute Gasteiger partial charge is 0.0453 e. The molecule has 1 aliphatic heterocycles. The Labute approximate surface area is 126 Å². The molecule has 2 atom stereocenters. The second-order valence-corrected chi connectivity index (χ2v) is 6.02. The molecular weight excluding hydrogens is 272 g/mol. The van der Waals surface area contributed by atoms with Crippen LogP contribution in [0.25, 0.3) is 0 Å². The first-order valence-electron chi connectivity index (χ1n) is 7.57. The number of likely N-dealkylation sites (tertiary alicyclic amines) is 1. The summed E-state index contributed by atoms with van der Waals surface area (Å²) in [5, 5.41) is 9.91. The van der Waals surface area contributed by atoms with Crippen molar-refractivity contribution in [3.05, 3.63) is 34.9 Å². The fourth-order valence-corrected chi connectivity index (χ4v) is 3.34. The van der Waals surface area contributed by atoms with E-state index in [1.54, 1.807) is 0 Å². The van der Waals surface area contributed by atoms with E-state index in [4.69, 9.17) is 22.4 Å². The summed E-state index contributed by atoms with van der Waals surface area (Å²) in [6.45, 7) is 2.38. The number of benzene rings is 1. The highest BCUT2D eigenvalue weighted by atomic mass is 35.5. The molecule has 0 amide bonds. The van der Waals surface area contributed by atoms with E-state index in [1.807, 2.05) is 24.3 Å². The third-order valence-corrected chi connectivity index (χ3v) is 4.59. The first-order valence-corrected chi connectivity index (χ1v) is 7.95. The molecule has 2 rings (SSSR count). The maximum atomic E-state index is 9.16. The molecule has 1 aromatic rings. The summed E-state index contributed by atoms with van der Waals surface area (Å²) in [4.78, 5) is 2.48. The average Bonchev–Trinajstić information content (AvgIpc) is 2.47. The van der Waals surface area contributed by atoms with Crippen LogP contribution in [0.15, 0.2) is 24.3 Å². The van der Waals surface area contributed by atoms with Crippen LogP contribution in [-0.2, 0) is 0 Å². The SMILES string of the molecule is NC(CCN1CCCCC1CCO)c1ccccc1Cl. The lowest BCUT2D eigenvalue weighted by molar-refractivity contribution is 0.116. The summed E-state index contributed by atoms with van der Waals surface area (Å²) in [6.07, 6.45) is 5.51. The zero-order chi connectivity index (χ0) is 14.4. The van der Waals surface area contributed by atoms with Crippen molar-refractivity contribution in [3.63, 3.8) is 0 Å². The monoisotopic (exact) mass is 296 g/mol. The summed E-state index contributed by atoms with van der Waals surface area (Å²) in [5.41, 5.74) is 7.30. The molecule has 1 fully saturated rings. The summed E-state index contributed by atoms with van der Waals surface area (Å²) in [5.74, 6) is 0. The van der Waals surface area contributed by atoms with E-state index in [0.717, 1.165) is 36.5 Å². The fourth-order valence-electron chi connectivity index (χ4n) is 3.07. The Balaban J connectivity index is 1.88. The zero-order valence-electron chi connectivity index (χ0n) is 12.0. The number of halogens is 1. The second-order valence-electron chi connectivity index (χ2n) is 5.61. The number of aliphatic hydroxyl groups excluding tert-OH is 1. The Hall–Kier alpha value is -0.610. The molecule has 3 N–H and O–H groups in total. The van der Waals surface area contributed by atoms with Gasteiger partial charge in [-0.15, -0.1) is 0 Å². The van der Waals surface area contributed by atoms with Crippen LogP contribution in [0.2, 0.25) is 5.02 Å². The van der Waals surface area contributed by atoms with Gasteiger partial charge in [-0.2, -0.15) is 0 Å². The highest BCUT2D eigenvalue weighted by molar-refractivity contribution is 6.31. The van der Waals surface area contributed by atoms with Crippen LogP contribution in [0.3, 0.4) is 0 Å². The van der Waals surface area contributed by atoms with E-state index < -0.39 is 0 Å². The van der Waals surface area contributed by atoms with Crippen molar-refractivity contribution < 1.29 is 5.11 Å². The van der Waals surface area contributed by atoms with Crippen molar-refractivity contribution in [2.45, 2.75) is 44.2 Å². The van der Waals surface area contributed by atoms with Gasteiger partial charge in [0.1, 0.15) is 0 Å². The number of aliphatic hydroxyl groups is 1. The molecule has 0 bridgehead atoms. The maximum Gasteiger partial charge on any atom is 0.0453 e. The van der Waals surface area contributed by atoms with Gasteiger partial charge in [0, 0.05) is 30.3 Å². The van der Waals surface area contributed by atoms with Crippen molar-refractivity contribution in [2.24, 2.45) is 5.73 Å². The molecule has 0 aromatic heterocycles. The van der Waals surface area contributed by atoms with Crippen LogP contribution in [0.1, 0.15) is 43.7 Å². The minimum absolute atomic E-state index is 0.0135. The molecule has 1 heterocycles. The molecule has 1 aromatic carbocycles. The summed E-state index contributed by atoms with van der Waals surface area (Å²) < 4.78 is 0. The van der Waals surface area contributed by atoms with Gasteiger partial charge in [0.05, 0.1) is 0 Å².